The predicted molar refractivity (Wildman–Crippen MR) is 88.0 cm³/mol. The van der Waals surface area contributed by atoms with Crippen LogP contribution in [0.25, 0.3) is 6.08 Å². The number of amides is 2. The summed E-state index contributed by atoms with van der Waals surface area (Å²) in [6, 6.07) is 13.5. The average Bonchev–Trinajstić information content (AvgIpc) is 2.51. The fraction of sp³-hybridized carbons (Fsp3) is 0.111. The van der Waals surface area contributed by atoms with E-state index >= 15 is 0 Å². The first-order valence-electron chi connectivity index (χ1n) is 7.07. The minimum atomic E-state index is -0.521. The summed E-state index contributed by atoms with van der Waals surface area (Å²) in [6.07, 6.45) is 1.56. The third-order valence-corrected chi connectivity index (χ3v) is 3.10. The molecule has 2 aromatic rings. The largest absolute Gasteiger partial charge is 0.322 e. The van der Waals surface area contributed by atoms with Crippen molar-refractivity contribution in [2.75, 3.05) is 5.32 Å². The van der Waals surface area contributed by atoms with Gasteiger partial charge in [-0.25, -0.2) is 4.39 Å². The SMILES string of the molecule is CC(=O)N/C(=C\c1ccccc1)C(=O)Nc1ccc(C)c(F)c1. The number of benzene rings is 2. The van der Waals surface area contributed by atoms with Gasteiger partial charge in [0.15, 0.2) is 0 Å². The van der Waals surface area contributed by atoms with Gasteiger partial charge in [-0.05, 0) is 36.3 Å². The van der Waals surface area contributed by atoms with Gasteiger partial charge in [-0.3, -0.25) is 9.59 Å². The van der Waals surface area contributed by atoms with Gasteiger partial charge in [-0.2, -0.15) is 0 Å². The number of carbonyl (C=O) groups is 2. The molecule has 118 valence electrons. The highest BCUT2D eigenvalue weighted by Crippen LogP contribution is 2.15. The zero-order valence-electron chi connectivity index (χ0n) is 12.9. The highest BCUT2D eigenvalue weighted by Gasteiger charge is 2.12. The van der Waals surface area contributed by atoms with Crippen molar-refractivity contribution in [1.29, 1.82) is 0 Å². The molecule has 0 aromatic heterocycles. The molecule has 5 heteroatoms. The first-order valence-corrected chi connectivity index (χ1v) is 7.07. The molecule has 2 aromatic carbocycles. The number of carbonyl (C=O) groups excluding carboxylic acids is 2. The number of aryl methyl sites for hydroxylation is 1. The van der Waals surface area contributed by atoms with E-state index in [-0.39, 0.29) is 11.6 Å². The Morgan fingerprint density at radius 1 is 1.09 bits per heavy atom. The van der Waals surface area contributed by atoms with Crippen molar-refractivity contribution in [2.45, 2.75) is 13.8 Å². The summed E-state index contributed by atoms with van der Waals surface area (Å²) < 4.78 is 13.6. The van der Waals surface area contributed by atoms with Gasteiger partial charge in [0.1, 0.15) is 11.5 Å². The number of anilines is 1. The Morgan fingerprint density at radius 2 is 1.78 bits per heavy atom. The molecule has 4 nitrogen and oxygen atoms in total. The zero-order chi connectivity index (χ0) is 16.8. The minimum absolute atomic E-state index is 0.0877. The van der Waals surface area contributed by atoms with E-state index in [9.17, 15) is 14.0 Å². The molecule has 0 saturated carbocycles. The highest BCUT2D eigenvalue weighted by atomic mass is 19.1. The molecule has 0 saturated heterocycles. The standard InChI is InChI=1S/C18H17FN2O2/c1-12-8-9-15(11-16(12)19)21-18(23)17(20-13(2)22)10-14-6-4-3-5-7-14/h3-11H,1-2H3,(H,20,22)(H,21,23)/b17-10-. The predicted octanol–water partition coefficient (Wildman–Crippen LogP) is 3.25. The van der Waals surface area contributed by atoms with Crippen LogP contribution in [0.2, 0.25) is 0 Å². The summed E-state index contributed by atoms with van der Waals surface area (Å²) in [5, 5.41) is 5.06. The minimum Gasteiger partial charge on any atom is -0.322 e. The normalized spacial score (nSPS) is 11.0. The van der Waals surface area contributed by atoms with E-state index in [1.54, 1.807) is 37.3 Å². The fourth-order valence-corrected chi connectivity index (χ4v) is 1.93. The van der Waals surface area contributed by atoms with Gasteiger partial charge in [0.2, 0.25) is 5.91 Å². The van der Waals surface area contributed by atoms with Gasteiger partial charge in [0, 0.05) is 12.6 Å². The molecule has 0 atom stereocenters. The van der Waals surface area contributed by atoms with E-state index in [4.69, 9.17) is 0 Å². The molecule has 2 rings (SSSR count). The molecular formula is C18H17FN2O2. The van der Waals surface area contributed by atoms with E-state index in [0.717, 1.165) is 5.56 Å². The van der Waals surface area contributed by atoms with E-state index < -0.39 is 11.7 Å². The van der Waals surface area contributed by atoms with Crippen LogP contribution in [-0.2, 0) is 9.59 Å². The van der Waals surface area contributed by atoms with Crippen LogP contribution in [0, 0.1) is 12.7 Å². The molecule has 0 heterocycles. The molecule has 0 aliphatic rings. The number of hydrogen-bond acceptors (Lipinski definition) is 2. The van der Waals surface area contributed by atoms with E-state index in [1.807, 2.05) is 18.2 Å². The molecule has 0 aliphatic carbocycles. The molecule has 0 aliphatic heterocycles. The summed E-state index contributed by atoms with van der Waals surface area (Å²) in [6.45, 7) is 2.95. The Bertz CT molecular complexity index is 755. The maximum absolute atomic E-state index is 13.6. The molecule has 2 amide bonds. The Morgan fingerprint density at radius 3 is 2.39 bits per heavy atom. The van der Waals surface area contributed by atoms with Crippen molar-refractivity contribution in [3.8, 4) is 0 Å². The fourth-order valence-electron chi connectivity index (χ4n) is 1.93. The van der Waals surface area contributed by atoms with Gasteiger partial charge in [0.25, 0.3) is 5.91 Å². The number of halogens is 1. The van der Waals surface area contributed by atoms with Gasteiger partial charge >= 0.3 is 0 Å². The summed E-state index contributed by atoms with van der Waals surface area (Å²) in [5.74, 6) is -1.29. The second-order valence-electron chi connectivity index (χ2n) is 5.07. The summed E-state index contributed by atoms with van der Waals surface area (Å²) in [7, 11) is 0. The lowest BCUT2D eigenvalue weighted by atomic mass is 10.1. The van der Waals surface area contributed by atoms with Crippen LogP contribution in [0.15, 0.2) is 54.2 Å². The van der Waals surface area contributed by atoms with Crippen molar-refractivity contribution in [1.82, 2.24) is 5.32 Å². The second-order valence-corrected chi connectivity index (χ2v) is 5.07. The molecule has 0 fully saturated rings. The van der Waals surface area contributed by atoms with E-state index in [2.05, 4.69) is 10.6 Å². The summed E-state index contributed by atoms with van der Waals surface area (Å²) >= 11 is 0. The molecule has 2 N–H and O–H groups in total. The van der Waals surface area contributed by atoms with Gasteiger partial charge < -0.3 is 10.6 Å². The Labute approximate surface area is 134 Å². The van der Waals surface area contributed by atoms with Crippen molar-refractivity contribution in [3.63, 3.8) is 0 Å². The van der Waals surface area contributed by atoms with Crippen LogP contribution in [0.5, 0.6) is 0 Å². The van der Waals surface area contributed by atoms with Crippen LogP contribution in [0.1, 0.15) is 18.1 Å². The zero-order valence-corrected chi connectivity index (χ0v) is 12.9. The van der Waals surface area contributed by atoms with Gasteiger partial charge in [-0.1, -0.05) is 36.4 Å². The maximum Gasteiger partial charge on any atom is 0.272 e. The molecule has 0 spiro atoms. The molecule has 23 heavy (non-hydrogen) atoms. The molecular weight excluding hydrogens is 295 g/mol. The highest BCUT2D eigenvalue weighted by molar-refractivity contribution is 6.08. The average molecular weight is 312 g/mol. The number of nitrogens with one attached hydrogen (secondary N) is 2. The third-order valence-electron chi connectivity index (χ3n) is 3.10. The lowest BCUT2D eigenvalue weighted by molar-refractivity contribution is -0.120. The van der Waals surface area contributed by atoms with Crippen LogP contribution < -0.4 is 10.6 Å². The third kappa shape index (κ3) is 4.78. The van der Waals surface area contributed by atoms with E-state index in [1.165, 1.54) is 13.0 Å². The van der Waals surface area contributed by atoms with Gasteiger partial charge in [0.05, 0.1) is 0 Å². The Kier molecular flexibility index (Phi) is 5.25. The quantitative estimate of drug-likeness (QED) is 0.851. The monoisotopic (exact) mass is 312 g/mol. The lowest BCUT2D eigenvalue weighted by Gasteiger charge is -2.10. The van der Waals surface area contributed by atoms with Crippen LogP contribution in [-0.4, -0.2) is 11.8 Å². The van der Waals surface area contributed by atoms with Crippen molar-refractivity contribution < 1.29 is 14.0 Å². The van der Waals surface area contributed by atoms with Crippen LogP contribution in [0.4, 0.5) is 10.1 Å². The first-order chi connectivity index (χ1) is 11.0. The van der Waals surface area contributed by atoms with E-state index in [0.29, 0.717) is 11.3 Å². The first kappa shape index (κ1) is 16.4. The second kappa shape index (κ2) is 7.35. The Hall–Kier alpha value is -2.95. The van der Waals surface area contributed by atoms with Gasteiger partial charge in [-0.15, -0.1) is 0 Å². The Balaban J connectivity index is 2.24. The molecule has 0 radical (unpaired) electrons. The maximum atomic E-state index is 13.6. The number of rotatable bonds is 4. The van der Waals surface area contributed by atoms with Crippen molar-refractivity contribution in [2.24, 2.45) is 0 Å². The van der Waals surface area contributed by atoms with Crippen LogP contribution in [0.3, 0.4) is 0 Å². The molecule has 0 bridgehead atoms. The summed E-state index contributed by atoms with van der Waals surface area (Å²) in [4.78, 5) is 23.6. The lowest BCUT2D eigenvalue weighted by Crippen LogP contribution is -2.29. The van der Waals surface area contributed by atoms with Crippen molar-refractivity contribution in [3.05, 3.63) is 71.2 Å². The molecule has 0 unspecified atom stereocenters. The smallest absolute Gasteiger partial charge is 0.272 e. The topological polar surface area (TPSA) is 58.2 Å². The summed E-state index contributed by atoms with van der Waals surface area (Å²) in [5.41, 5.74) is 1.67. The van der Waals surface area contributed by atoms with Crippen LogP contribution >= 0.6 is 0 Å². The number of hydrogen-bond donors (Lipinski definition) is 2. The van der Waals surface area contributed by atoms with Crippen molar-refractivity contribution >= 4 is 23.6 Å².